The van der Waals surface area contributed by atoms with Gasteiger partial charge in [-0.15, -0.1) is 11.3 Å². The van der Waals surface area contributed by atoms with E-state index in [1.54, 1.807) is 44.2 Å². The van der Waals surface area contributed by atoms with E-state index in [9.17, 15) is 19.5 Å². The van der Waals surface area contributed by atoms with Crippen molar-refractivity contribution in [2.24, 2.45) is 0 Å². The van der Waals surface area contributed by atoms with E-state index in [-0.39, 0.29) is 18.4 Å². The fourth-order valence-corrected chi connectivity index (χ4v) is 6.20. The summed E-state index contributed by atoms with van der Waals surface area (Å²) in [6.45, 7) is 6.99. The monoisotopic (exact) mass is 714 g/mol. The van der Waals surface area contributed by atoms with E-state index in [0.717, 1.165) is 27.4 Å². The molecule has 0 radical (unpaired) electrons. The number of anilines is 1. The van der Waals surface area contributed by atoms with Crippen molar-refractivity contribution in [3.05, 3.63) is 111 Å². The largest absolute Gasteiger partial charge is 0.414 e. The zero-order valence-electron chi connectivity index (χ0n) is 30.8. The van der Waals surface area contributed by atoms with Crippen LogP contribution in [0.4, 0.5) is 10.5 Å². The average molecular weight is 715 g/mol. The van der Waals surface area contributed by atoms with Gasteiger partial charge in [-0.3, -0.25) is 9.59 Å². The third-order valence-corrected chi connectivity index (χ3v) is 9.27. The number of carbonyl (C=O) groups excluding carboxylic acids is 3. The molecule has 4 aromatic rings. The van der Waals surface area contributed by atoms with Gasteiger partial charge in [-0.1, -0.05) is 50.2 Å². The summed E-state index contributed by atoms with van der Waals surface area (Å²) in [5.74, 6) is 0.0332. The van der Waals surface area contributed by atoms with E-state index in [0.29, 0.717) is 42.1 Å². The van der Waals surface area contributed by atoms with Crippen LogP contribution >= 0.6 is 11.3 Å². The first kappa shape index (κ1) is 39.0. The summed E-state index contributed by atoms with van der Waals surface area (Å²) in [7, 11) is 8.69. The van der Waals surface area contributed by atoms with Crippen LogP contribution in [-0.4, -0.2) is 91.7 Å². The van der Waals surface area contributed by atoms with Gasteiger partial charge in [0.2, 0.25) is 0 Å². The zero-order chi connectivity index (χ0) is 37.2. The Morgan fingerprint density at radius 1 is 0.922 bits per heavy atom. The van der Waals surface area contributed by atoms with Crippen molar-refractivity contribution < 1.29 is 24.2 Å². The second-order valence-corrected chi connectivity index (χ2v) is 14.4. The first-order chi connectivity index (χ1) is 24.2. The fraction of sp³-hybridized carbons (Fsp3) is 0.385. The summed E-state index contributed by atoms with van der Waals surface area (Å²) in [6, 6.07) is 19.8. The highest BCUT2D eigenvalue weighted by molar-refractivity contribution is 7.09. The fourth-order valence-electron chi connectivity index (χ4n) is 5.38. The van der Waals surface area contributed by atoms with Crippen molar-refractivity contribution in [3.63, 3.8) is 0 Å². The van der Waals surface area contributed by atoms with E-state index in [1.165, 1.54) is 16.2 Å². The Balaban J connectivity index is 1.52. The van der Waals surface area contributed by atoms with Gasteiger partial charge in [0.15, 0.2) is 0 Å². The van der Waals surface area contributed by atoms with Crippen LogP contribution in [0.5, 0.6) is 5.75 Å². The predicted molar refractivity (Wildman–Crippen MR) is 203 cm³/mol. The number of ether oxygens (including phenoxy) is 1. The zero-order valence-corrected chi connectivity index (χ0v) is 31.6. The molecule has 0 bridgehead atoms. The lowest BCUT2D eigenvalue weighted by atomic mass is 9.99. The molecule has 0 aliphatic rings. The average Bonchev–Trinajstić information content (AvgIpc) is 3.51. The Labute approximate surface area is 305 Å². The number of nitrogens with one attached hydrogen (secondary N) is 2. The van der Waals surface area contributed by atoms with Crippen LogP contribution in [0.3, 0.4) is 0 Å². The molecule has 3 N–H and O–H groups in total. The van der Waals surface area contributed by atoms with E-state index < -0.39 is 24.1 Å². The Morgan fingerprint density at radius 2 is 1.63 bits per heavy atom. The van der Waals surface area contributed by atoms with Crippen LogP contribution < -0.4 is 20.3 Å². The highest BCUT2D eigenvalue weighted by atomic mass is 32.1. The normalized spacial score (nSPS) is 12.3. The number of aliphatic hydroxyl groups excluding tert-OH is 1. The Morgan fingerprint density at radius 3 is 2.25 bits per heavy atom. The van der Waals surface area contributed by atoms with Crippen LogP contribution in [0, 0.1) is 6.92 Å². The Kier molecular flexibility index (Phi) is 13.7. The van der Waals surface area contributed by atoms with Crippen LogP contribution in [0.25, 0.3) is 0 Å². The number of aryl methyl sites for hydroxylation is 1. The molecule has 1 aromatic heterocycles. The van der Waals surface area contributed by atoms with Gasteiger partial charge in [-0.2, -0.15) is 0 Å². The molecule has 0 saturated carbocycles. The minimum absolute atomic E-state index is 0.180. The molecule has 11 nitrogen and oxygen atoms in total. The summed E-state index contributed by atoms with van der Waals surface area (Å²) >= 11 is 1.50. The maximum absolute atomic E-state index is 13.9. The van der Waals surface area contributed by atoms with Crippen molar-refractivity contribution in [1.82, 2.24) is 25.4 Å². The summed E-state index contributed by atoms with van der Waals surface area (Å²) in [5.41, 5.74) is 5.17. The number of nitrogens with zero attached hydrogens (tertiary/aromatic N) is 4. The molecule has 51 heavy (non-hydrogen) atoms. The molecule has 0 saturated heterocycles. The minimum atomic E-state index is -0.959. The summed E-state index contributed by atoms with van der Waals surface area (Å²) in [5, 5.41) is 20.7. The van der Waals surface area contributed by atoms with Crippen LogP contribution in [0.15, 0.2) is 72.1 Å². The van der Waals surface area contributed by atoms with Gasteiger partial charge in [-0.25, -0.2) is 9.78 Å². The number of rotatable bonds is 15. The van der Waals surface area contributed by atoms with Crippen LogP contribution in [-0.2, 0) is 19.5 Å². The molecule has 0 unspecified atom stereocenters. The molecule has 272 valence electrons. The summed E-state index contributed by atoms with van der Waals surface area (Å²) < 4.78 is 5.55. The Hall–Kier alpha value is -4.78. The number of hydrogen-bond donors (Lipinski definition) is 3. The molecule has 2 atom stereocenters. The van der Waals surface area contributed by atoms with E-state index in [2.05, 4.69) is 29.5 Å². The second-order valence-electron chi connectivity index (χ2n) is 13.5. The molecular weight excluding hydrogens is 665 g/mol. The molecule has 3 amide bonds. The van der Waals surface area contributed by atoms with Crippen LogP contribution in [0.1, 0.15) is 67.9 Å². The molecule has 0 aliphatic carbocycles. The standard InChI is InChI=1S/C39H50N6O5S/c1-25(2)29-14-28(15-33(20-29)50-39(49)44(6)7)21-40-22-35(46)34(16-27-12-10-9-11-13-27)42-37(47)30-17-31(19-32(18-30)43(4)5)38(48)45(8)23-36-41-26(3)24-51-36/h9-15,17-20,24-25,34-35,40,46H,16,21-23H2,1-8H3,(H,42,47)/t34-,35+/m0/s1. The van der Waals surface area contributed by atoms with Crippen molar-refractivity contribution in [2.75, 3.05) is 46.7 Å². The first-order valence-corrected chi connectivity index (χ1v) is 17.8. The van der Waals surface area contributed by atoms with Crippen molar-refractivity contribution in [1.29, 1.82) is 0 Å². The number of hydrogen-bond acceptors (Lipinski definition) is 9. The van der Waals surface area contributed by atoms with Gasteiger partial charge in [-0.05, 0) is 66.3 Å². The maximum Gasteiger partial charge on any atom is 0.414 e. The third kappa shape index (κ3) is 11.4. The van der Waals surface area contributed by atoms with Crippen molar-refractivity contribution in [2.45, 2.75) is 58.3 Å². The quantitative estimate of drug-likeness (QED) is 0.148. The number of aromatic nitrogens is 1. The second kappa shape index (κ2) is 17.9. The third-order valence-electron chi connectivity index (χ3n) is 8.32. The molecule has 3 aromatic carbocycles. The SMILES string of the molecule is Cc1csc(CN(C)C(=O)c2cc(C(=O)N[C@@H](Cc3ccccc3)[C@H](O)CNCc3cc(OC(=O)N(C)C)cc(C(C)C)c3)cc(N(C)C)c2)n1. The lowest BCUT2D eigenvalue weighted by molar-refractivity contribution is 0.0784. The highest BCUT2D eigenvalue weighted by Crippen LogP contribution is 2.24. The lowest BCUT2D eigenvalue weighted by Gasteiger charge is -2.26. The number of amides is 3. The smallest absolute Gasteiger partial charge is 0.410 e. The van der Waals surface area contributed by atoms with Gasteiger partial charge >= 0.3 is 6.09 Å². The van der Waals surface area contributed by atoms with Crippen LogP contribution in [0.2, 0.25) is 0 Å². The van der Waals surface area contributed by atoms with Gasteiger partial charge in [0.25, 0.3) is 11.8 Å². The van der Waals surface area contributed by atoms with Gasteiger partial charge in [0.05, 0.1) is 18.7 Å². The number of thiazole rings is 1. The minimum Gasteiger partial charge on any atom is -0.410 e. The van der Waals surface area contributed by atoms with E-state index in [4.69, 9.17) is 4.74 Å². The molecule has 0 aliphatic heterocycles. The molecule has 1 heterocycles. The topological polar surface area (TPSA) is 127 Å². The highest BCUT2D eigenvalue weighted by Gasteiger charge is 2.24. The molecule has 0 spiro atoms. The number of benzene rings is 3. The molecule has 0 fully saturated rings. The van der Waals surface area contributed by atoms with Crippen molar-refractivity contribution >= 4 is 34.9 Å². The number of carbonyl (C=O) groups is 3. The molecule has 4 rings (SSSR count). The number of aliphatic hydroxyl groups is 1. The molecular formula is C39H50N6O5S. The predicted octanol–water partition coefficient (Wildman–Crippen LogP) is 5.47. The summed E-state index contributed by atoms with van der Waals surface area (Å²) in [4.78, 5) is 49.0. The molecule has 12 heteroatoms. The van der Waals surface area contributed by atoms with E-state index >= 15 is 0 Å². The summed E-state index contributed by atoms with van der Waals surface area (Å²) in [6.07, 6.45) is -1.03. The van der Waals surface area contributed by atoms with Gasteiger partial charge in [0, 0.05) is 76.2 Å². The van der Waals surface area contributed by atoms with Gasteiger partial charge in [0.1, 0.15) is 10.8 Å². The van der Waals surface area contributed by atoms with Gasteiger partial charge < -0.3 is 35.2 Å². The lowest BCUT2D eigenvalue weighted by Crippen LogP contribution is -2.48. The van der Waals surface area contributed by atoms with Crippen molar-refractivity contribution in [3.8, 4) is 5.75 Å². The van der Waals surface area contributed by atoms with E-state index in [1.807, 2.05) is 79.8 Å². The Bertz CT molecular complexity index is 1790. The first-order valence-electron chi connectivity index (χ1n) is 17.0. The maximum atomic E-state index is 13.9.